The van der Waals surface area contributed by atoms with Crippen LogP contribution in [0.1, 0.15) is 40.5 Å². The number of carbonyl (C=O) groups excluding carboxylic acids is 1. The average molecular weight is 248 g/mol. The minimum Gasteiger partial charge on any atom is -0.481 e. The average Bonchev–Trinajstić information content (AvgIpc) is 2.04. The largest absolute Gasteiger partial charge is 0.481 e. The van der Waals surface area contributed by atoms with E-state index >= 15 is 0 Å². The van der Waals surface area contributed by atoms with Crippen LogP contribution < -0.4 is 0 Å². The monoisotopic (exact) mass is 248 g/mol. The van der Waals surface area contributed by atoms with Crippen molar-refractivity contribution < 1.29 is 24.6 Å². The van der Waals surface area contributed by atoms with Gasteiger partial charge in [-0.3, -0.25) is 14.4 Å². The third-order valence-corrected chi connectivity index (χ3v) is 2.29. The molecular formula is C10H21AlO5. The van der Waals surface area contributed by atoms with E-state index < -0.39 is 17.4 Å². The lowest BCUT2D eigenvalue weighted by Gasteiger charge is -2.22. The summed E-state index contributed by atoms with van der Waals surface area (Å²) in [5.74, 6) is -2.09. The van der Waals surface area contributed by atoms with Gasteiger partial charge in [-0.05, 0) is 19.8 Å². The fourth-order valence-corrected chi connectivity index (χ4v) is 1.20. The van der Waals surface area contributed by atoms with Crippen LogP contribution in [0.5, 0.6) is 0 Å². The number of Topliss-reactive ketones (excluding diaryl/α,β-unsaturated/α-hetero) is 1. The molecule has 94 valence electrons. The highest BCUT2D eigenvalue weighted by Crippen LogP contribution is 2.27. The van der Waals surface area contributed by atoms with Crippen molar-refractivity contribution in [1.82, 2.24) is 0 Å². The summed E-state index contributed by atoms with van der Waals surface area (Å²) in [6, 6.07) is 0. The molecule has 0 saturated carbocycles. The summed E-state index contributed by atoms with van der Waals surface area (Å²) in [5, 5.41) is 16.2. The second-order valence-electron chi connectivity index (χ2n) is 3.17. The predicted octanol–water partition coefficient (Wildman–Crippen LogP) is 0.373. The molecule has 0 aromatic rings. The van der Waals surface area contributed by atoms with Crippen LogP contribution >= 0.6 is 0 Å². The van der Waals surface area contributed by atoms with Crippen LogP contribution in [0.3, 0.4) is 0 Å². The summed E-state index contributed by atoms with van der Waals surface area (Å²) in [7, 11) is 0. The zero-order valence-corrected chi connectivity index (χ0v) is 9.53. The van der Waals surface area contributed by atoms with Crippen LogP contribution in [0.15, 0.2) is 0 Å². The van der Waals surface area contributed by atoms with Gasteiger partial charge in [-0.2, -0.15) is 0 Å². The maximum Gasteiger partial charge on any atom is 0.317 e. The molecule has 6 heteroatoms. The number of aliphatic carboxylic acids is 2. The Bertz CT molecular complexity index is 226. The van der Waals surface area contributed by atoms with E-state index in [9.17, 15) is 9.59 Å². The third-order valence-electron chi connectivity index (χ3n) is 2.29. The van der Waals surface area contributed by atoms with Gasteiger partial charge in [0.05, 0.1) is 0 Å². The standard InChI is InChI=1S/C8H14O3.C2H4O2.Al.3H/c1-4-8(5-2,6(3)9)7(10)11;1-2(3)4;;;;/h4-5H2,1-3H3,(H,10,11);1H3,(H,3,4);;;;. The molecule has 0 rings (SSSR count). The Hall–Kier alpha value is -0.858. The lowest BCUT2D eigenvalue weighted by atomic mass is 9.79. The summed E-state index contributed by atoms with van der Waals surface area (Å²) in [6.07, 6.45) is 0.738. The molecule has 16 heavy (non-hydrogen) atoms. The second-order valence-corrected chi connectivity index (χ2v) is 3.17. The summed E-state index contributed by atoms with van der Waals surface area (Å²) in [5.41, 5.74) is -1.14. The molecule has 0 unspecified atom stereocenters. The third kappa shape index (κ3) is 6.59. The van der Waals surface area contributed by atoms with E-state index in [0.29, 0.717) is 12.8 Å². The summed E-state index contributed by atoms with van der Waals surface area (Å²) < 4.78 is 0. The van der Waals surface area contributed by atoms with E-state index in [2.05, 4.69) is 0 Å². The highest BCUT2D eigenvalue weighted by atomic mass is 27.0. The molecule has 5 nitrogen and oxygen atoms in total. The normalized spacial score (nSPS) is 9.25. The van der Waals surface area contributed by atoms with Gasteiger partial charge in [0.1, 0.15) is 11.2 Å². The van der Waals surface area contributed by atoms with Gasteiger partial charge in [0, 0.05) is 6.92 Å². The van der Waals surface area contributed by atoms with Gasteiger partial charge >= 0.3 is 5.97 Å². The highest BCUT2D eigenvalue weighted by molar-refractivity contribution is 6.01. The van der Waals surface area contributed by atoms with Crippen LogP contribution in [0.25, 0.3) is 0 Å². The minimum absolute atomic E-state index is 0. The molecule has 0 amide bonds. The van der Waals surface area contributed by atoms with E-state index in [1.54, 1.807) is 13.8 Å². The molecular weight excluding hydrogens is 227 g/mol. The van der Waals surface area contributed by atoms with E-state index in [-0.39, 0.29) is 23.1 Å². The zero-order chi connectivity index (χ0) is 12.6. The van der Waals surface area contributed by atoms with Crippen LogP contribution in [-0.4, -0.2) is 45.3 Å². The number of carbonyl (C=O) groups is 3. The fraction of sp³-hybridized carbons (Fsp3) is 0.700. The van der Waals surface area contributed by atoms with Crippen molar-refractivity contribution in [2.24, 2.45) is 5.41 Å². The summed E-state index contributed by atoms with van der Waals surface area (Å²) >= 11 is 0. The molecule has 0 saturated heterocycles. The number of carboxylic acids is 2. The number of carboxylic acid groups (broad SMARTS) is 2. The Labute approximate surface area is 106 Å². The van der Waals surface area contributed by atoms with Gasteiger partial charge < -0.3 is 10.2 Å². The molecule has 2 N–H and O–H groups in total. The maximum atomic E-state index is 11.0. The van der Waals surface area contributed by atoms with Crippen molar-refractivity contribution >= 4 is 35.1 Å². The molecule has 0 aliphatic carbocycles. The van der Waals surface area contributed by atoms with Crippen LogP contribution in [0, 0.1) is 5.41 Å². The first-order chi connectivity index (χ1) is 6.74. The van der Waals surface area contributed by atoms with Gasteiger partial charge in [0.25, 0.3) is 5.97 Å². The molecule has 0 heterocycles. The first-order valence-electron chi connectivity index (χ1n) is 4.68. The highest BCUT2D eigenvalue weighted by Gasteiger charge is 2.39. The van der Waals surface area contributed by atoms with Crippen molar-refractivity contribution in [3.63, 3.8) is 0 Å². The number of hydrogen-bond donors (Lipinski definition) is 2. The molecule has 0 aliphatic rings. The van der Waals surface area contributed by atoms with E-state index in [4.69, 9.17) is 15.0 Å². The first-order valence-corrected chi connectivity index (χ1v) is 4.68. The topological polar surface area (TPSA) is 91.7 Å². The molecule has 0 aromatic carbocycles. The molecule has 0 bridgehead atoms. The van der Waals surface area contributed by atoms with Crippen molar-refractivity contribution in [2.75, 3.05) is 0 Å². The smallest absolute Gasteiger partial charge is 0.317 e. The Morgan fingerprint density at radius 1 is 1.00 bits per heavy atom. The minimum atomic E-state index is -1.14. The quantitative estimate of drug-likeness (QED) is 0.554. The fourth-order valence-electron chi connectivity index (χ4n) is 1.20. The van der Waals surface area contributed by atoms with Gasteiger partial charge in [-0.15, -0.1) is 0 Å². The maximum absolute atomic E-state index is 11.0. The SMILES string of the molecule is CC(=O)O.CCC(CC)(C(C)=O)C(=O)O.[AlH3]. The molecule has 0 aromatic heterocycles. The number of hydrogen-bond acceptors (Lipinski definition) is 3. The van der Waals surface area contributed by atoms with Gasteiger partial charge in [-0.1, -0.05) is 13.8 Å². The van der Waals surface area contributed by atoms with E-state index in [1.807, 2.05) is 0 Å². The van der Waals surface area contributed by atoms with Crippen molar-refractivity contribution in [3.8, 4) is 0 Å². The Morgan fingerprint density at radius 2 is 1.25 bits per heavy atom. The lowest BCUT2D eigenvalue weighted by Crippen LogP contribution is -2.36. The van der Waals surface area contributed by atoms with Crippen LogP contribution in [0.2, 0.25) is 0 Å². The molecule has 0 radical (unpaired) electrons. The molecule has 0 fully saturated rings. The van der Waals surface area contributed by atoms with Crippen molar-refractivity contribution in [2.45, 2.75) is 40.5 Å². The number of ketones is 1. The summed E-state index contributed by atoms with van der Waals surface area (Å²) in [6.45, 7) is 5.86. The molecule has 0 atom stereocenters. The molecule has 0 aliphatic heterocycles. The van der Waals surface area contributed by atoms with E-state index in [0.717, 1.165) is 6.92 Å². The van der Waals surface area contributed by atoms with Crippen LogP contribution in [-0.2, 0) is 14.4 Å². The van der Waals surface area contributed by atoms with Crippen LogP contribution in [0.4, 0.5) is 0 Å². The van der Waals surface area contributed by atoms with Crippen molar-refractivity contribution in [1.29, 1.82) is 0 Å². The summed E-state index contributed by atoms with van der Waals surface area (Å²) in [4.78, 5) is 30.7. The Balaban J connectivity index is -0.000000292. The predicted molar refractivity (Wildman–Crippen MR) is 64.6 cm³/mol. The first kappa shape index (κ1) is 20.5. The second kappa shape index (κ2) is 9.37. The van der Waals surface area contributed by atoms with Gasteiger partial charge in [0.2, 0.25) is 0 Å². The number of rotatable bonds is 4. The molecule has 0 spiro atoms. The van der Waals surface area contributed by atoms with Gasteiger partial charge in [-0.25, -0.2) is 0 Å². The zero-order valence-electron chi connectivity index (χ0n) is 9.53. The van der Waals surface area contributed by atoms with Crippen molar-refractivity contribution in [3.05, 3.63) is 0 Å². The lowest BCUT2D eigenvalue weighted by molar-refractivity contribution is -0.154. The Morgan fingerprint density at radius 3 is 1.25 bits per heavy atom. The Kier molecular flexibility index (Phi) is 12.0. The van der Waals surface area contributed by atoms with Gasteiger partial charge in [0.15, 0.2) is 17.4 Å². The van der Waals surface area contributed by atoms with E-state index in [1.165, 1.54) is 6.92 Å².